The third-order valence-electron chi connectivity index (χ3n) is 3.91. The molecule has 1 N–H and O–H groups in total. The number of hydrogen-bond acceptors (Lipinski definition) is 2. The van der Waals surface area contributed by atoms with Crippen LogP contribution < -0.4 is 5.32 Å². The number of likely N-dealkylation sites (tertiary alicyclic amines) is 1. The highest BCUT2D eigenvalue weighted by atomic mass is 19.1. The molecule has 0 bridgehead atoms. The van der Waals surface area contributed by atoms with Crippen LogP contribution in [0.2, 0.25) is 0 Å². The smallest absolute Gasteiger partial charge is 0.222 e. The van der Waals surface area contributed by atoms with Gasteiger partial charge in [0, 0.05) is 19.5 Å². The molecule has 1 heterocycles. The van der Waals surface area contributed by atoms with Crippen molar-refractivity contribution >= 4 is 5.91 Å². The van der Waals surface area contributed by atoms with E-state index < -0.39 is 0 Å². The minimum Gasteiger partial charge on any atom is -0.342 e. The van der Waals surface area contributed by atoms with Crippen LogP contribution >= 0.6 is 0 Å². The van der Waals surface area contributed by atoms with Crippen molar-refractivity contribution in [3.05, 3.63) is 35.6 Å². The van der Waals surface area contributed by atoms with Gasteiger partial charge in [0.1, 0.15) is 5.82 Å². The molecule has 2 rings (SSSR count). The molecule has 0 aliphatic carbocycles. The molecule has 0 saturated carbocycles. The van der Waals surface area contributed by atoms with Crippen LogP contribution in [0.5, 0.6) is 0 Å². The number of piperidine rings is 1. The van der Waals surface area contributed by atoms with Crippen LogP contribution in [0.4, 0.5) is 4.39 Å². The molecule has 0 aromatic heterocycles. The van der Waals surface area contributed by atoms with Crippen molar-refractivity contribution in [1.82, 2.24) is 10.2 Å². The normalized spacial score (nSPS) is 19.1. The molecule has 1 aliphatic heterocycles. The summed E-state index contributed by atoms with van der Waals surface area (Å²) in [6, 6.07) is 6.40. The first-order chi connectivity index (χ1) is 9.69. The first kappa shape index (κ1) is 15.0. The second kappa shape index (κ2) is 7.39. The van der Waals surface area contributed by atoms with Gasteiger partial charge in [0.25, 0.3) is 0 Å². The summed E-state index contributed by atoms with van der Waals surface area (Å²) in [5, 5.41) is 3.19. The molecule has 0 spiro atoms. The Morgan fingerprint density at radius 1 is 1.40 bits per heavy atom. The average Bonchev–Trinajstić information content (AvgIpc) is 2.47. The molecule has 1 aromatic carbocycles. The van der Waals surface area contributed by atoms with E-state index in [0.29, 0.717) is 18.8 Å². The van der Waals surface area contributed by atoms with Gasteiger partial charge in [-0.3, -0.25) is 4.79 Å². The van der Waals surface area contributed by atoms with E-state index in [4.69, 9.17) is 0 Å². The minimum absolute atomic E-state index is 0.218. The first-order valence-electron chi connectivity index (χ1n) is 7.36. The number of hydrogen-bond donors (Lipinski definition) is 1. The largest absolute Gasteiger partial charge is 0.342 e. The van der Waals surface area contributed by atoms with E-state index in [-0.39, 0.29) is 11.7 Å². The maximum Gasteiger partial charge on any atom is 0.222 e. The van der Waals surface area contributed by atoms with Gasteiger partial charge in [-0.25, -0.2) is 4.39 Å². The van der Waals surface area contributed by atoms with Crippen molar-refractivity contribution in [1.29, 1.82) is 0 Å². The number of carbonyl (C=O) groups is 1. The summed E-state index contributed by atoms with van der Waals surface area (Å²) in [6.45, 7) is 2.72. The molecule has 1 saturated heterocycles. The Morgan fingerprint density at radius 3 is 2.85 bits per heavy atom. The van der Waals surface area contributed by atoms with Crippen molar-refractivity contribution in [3.8, 4) is 0 Å². The maximum atomic E-state index is 12.8. The van der Waals surface area contributed by atoms with Gasteiger partial charge in [-0.2, -0.15) is 0 Å². The zero-order valence-electron chi connectivity index (χ0n) is 12.1. The van der Waals surface area contributed by atoms with E-state index in [1.165, 1.54) is 18.6 Å². The summed E-state index contributed by atoms with van der Waals surface area (Å²) in [4.78, 5) is 14.2. The molecule has 1 aliphatic rings. The Hall–Kier alpha value is -1.42. The number of carbonyl (C=O) groups excluding carboxylic acids is 1. The second-order valence-electron chi connectivity index (χ2n) is 5.53. The van der Waals surface area contributed by atoms with E-state index in [2.05, 4.69) is 5.32 Å². The summed E-state index contributed by atoms with van der Waals surface area (Å²) in [7, 11) is 1.95. The van der Waals surface area contributed by atoms with Gasteiger partial charge >= 0.3 is 0 Å². The maximum absolute atomic E-state index is 12.8. The molecule has 20 heavy (non-hydrogen) atoms. The zero-order chi connectivity index (χ0) is 14.4. The van der Waals surface area contributed by atoms with Crippen molar-refractivity contribution in [2.24, 2.45) is 5.92 Å². The average molecular weight is 278 g/mol. The first-order valence-corrected chi connectivity index (χ1v) is 7.36. The highest BCUT2D eigenvalue weighted by molar-refractivity contribution is 5.76. The Morgan fingerprint density at radius 2 is 2.15 bits per heavy atom. The molecular weight excluding hydrogens is 255 g/mol. The summed E-state index contributed by atoms with van der Waals surface area (Å²) in [5.74, 6) is 0.560. The molecular formula is C16H23FN2O. The van der Waals surface area contributed by atoms with E-state index in [1.807, 2.05) is 11.9 Å². The quantitative estimate of drug-likeness (QED) is 0.895. The van der Waals surface area contributed by atoms with Crippen LogP contribution in [0, 0.1) is 11.7 Å². The van der Waals surface area contributed by atoms with Gasteiger partial charge in [0.2, 0.25) is 5.91 Å². The van der Waals surface area contributed by atoms with E-state index in [1.54, 1.807) is 12.1 Å². The molecule has 110 valence electrons. The van der Waals surface area contributed by atoms with Crippen LogP contribution in [0.15, 0.2) is 24.3 Å². The fraction of sp³-hybridized carbons (Fsp3) is 0.562. The summed E-state index contributed by atoms with van der Waals surface area (Å²) in [5.41, 5.74) is 1.02. The van der Waals surface area contributed by atoms with Crippen molar-refractivity contribution in [2.75, 3.05) is 26.7 Å². The minimum atomic E-state index is -0.231. The Labute approximate surface area is 120 Å². The highest BCUT2D eigenvalue weighted by Gasteiger charge is 2.22. The monoisotopic (exact) mass is 278 g/mol. The third-order valence-corrected chi connectivity index (χ3v) is 3.91. The van der Waals surface area contributed by atoms with Gasteiger partial charge in [0.05, 0.1) is 0 Å². The van der Waals surface area contributed by atoms with Gasteiger partial charge in [-0.1, -0.05) is 12.1 Å². The van der Waals surface area contributed by atoms with E-state index in [0.717, 1.165) is 31.6 Å². The Balaban J connectivity index is 1.80. The number of nitrogens with one attached hydrogen (secondary N) is 1. The van der Waals surface area contributed by atoms with Crippen LogP contribution in [-0.4, -0.2) is 37.5 Å². The number of halogens is 1. The van der Waals surface area contributed by atoms with Crippen LogP contribution in [-0.2, 0) is 11.2 Å². The van der Waals surface area contributed by atoms with Crippen LogP contribution in [0.1, 0.15) is 24.8 Å². The molecule has 1 unspecified atom stereocenters. The fourth-order valence-electron chi connectivity index (χ4n) is 2.81. The second-order valence-corrected chi connectivity index (χ2v) is 5.53. The number of rotatable bonds is 5. The number of aryl methyl sites for hydroxylation is 1. The highest BCUT2D eigenvalue weighted by Crippen LogP contribution is 2.17. The molecule has 3 nitrogen and oxygen atoms in total. The lowest BCUT2D eigenvalue weighted by molar-refractivity contribution is -0.132. The molecule has 1 fully saturated rings. The van der Waals surface area contributed by atoms with Crippen LogP contribution in [0.3, 0.4) is 0 Å². The number of benzene rings is 1. The van der Waals surface area contributed by atoms with Gasteiger partial charge in [-0.05, 0) is 56.5 Å². The lowest BCUT2D eigenvalue weighted by Gasteiger charge is -2.32. The SMILES string of the molecule is CNCC1CCCN(C(=O)CCc2ccc(F)cc2)C1. The van der Waals surface area contributed by atoms with Crippen molar-refractivity contribution in [2.45, 2.75) is 25.7 Å². The molecule has 1 amide bonds. The predicted molar refractivity (Wildman–Crippen MR) is 78.0 cm³/mol. The number of nitrogens with zero attached hydrogens (tertiary/aromatic N) is 1. The van der Waals surface area contributed by atoms with E-state index in [9.17, 15) is 9.18 Å². The van der Waals surface area contributed by atoms with Gasteiger partial charge in [-0.15, -0.1) is 0 Å². The zero-order valence-corrected chi connectivity index (χ0v) is 12.1. The standard InChI is InChI=1S/C16H23FN2O/c1-18-11-14-3-2-10-19(12-14)16(20)9-6-13-4-7-15(17)8-5-13/h4-5,7-8,14,18H,2-3,6,9-12H2,1H3. The Bertz CT molecular complexity index is 431. The molecule has 1 atom stereocenters. The van der Waals surface area contributed by atoms with E-state index >= 15 is 0 Å². The van der Waals surface area contributed by atoms with Crippen LogP contribution in [0.25, 0.3) is 0 Å². The summed E-state index contributed by atoms with van der Waals surface area (Å²) < 4.78 is 12.8. The predicted octanol–water partition coefficient (Wildman–Crippen LogP) is 2.22. The summed E-state index contributed by atoms with van der Waals surface area (Å²) in [6.07, 6.45) is 3.49. The molecule has 4 heteroatoms. The molecule has 0 radical (unpaired) electrons. The number of amides is 1. The Kier molecular flexibility index (Phi) is 5.53. The van der Waals surface area contributed by atoms with Gasteiger partial charge < -0.3 is 10.2 Å². The lowest BCUT2D eigenvalue weighted by Crippen LogP contribution is -2.42. The topological polar surface area (TPSA) is 32.3 Å². The third kappa shape index (κ3) is 4.30. The van der Waals surface area contributed by atoms with Gasteiger partial charge in [0.15, 0.2) is 0 Å². The van der Waals surface area contributed by atoms with Crippen molar-refractivity contribution in [3.63, 3.8) is 0 Å². The van der Waals surface area contributed by atoms with Crippen molar-refractivity contribution < 1.29 is 9.18 Å². The lowest BCUT2D eigenvalue weighted by atomic mass is 9.97. The summed E-state index contributed by atoms with van der Waals surface area (Å²) >= 11 is 0. The molecule has 1 aromatic rings. The fourth-order valence-corrected chi connectivity index (χ4v) is 2.81.